The van der Waals surface area contributed by atoms with Crippen LogP contribution in [0.2, 0.25) is 0 Å². The third kappa shape index (κ3) is 11.6. The Morgan fingerprint density at radius 3 is 2.27 bits per heavy atom. The Bertz CT molecular complexity index is 947. The molecule has 2 heterocycles. The summed E-state index contributed by atoms with van der Waals surface area (Å²) < 4.78 is 83.7. The Labute approximate surface area is 211 Å². The molecule has 1 saturated heterocycles. The highest BCUT2D eigenvalue weighted by atomic mass is 19.4. The predicted molar refractivity (Wildman–Crippen MR) is 127 cm³/mol. The Morgan fingerprint density at radius 1 is 1.14 bits per heavy atom. The first-order valence-electron chi connectivity index (χ1n) is 11.8. The summed E-state index contributed by atoms with van der Waals surface area (Å²) in [6.45, 7) is 2.00. The van der Waals surface area contributed by atoms with Crippen LogP contribution in [-0.2, 0) is 22.4 Å². The molecule has 1 unspecified atom stereocenters. The van der Waals surface area contributed by atoms with Crippen molar-refractivity contribution in [2.45, 2.75) is 64.2 Å². The molecule has 1 aliphatic heterocycles. The van der Waals surface area contributed by atoms with Crippen LogP contribution in [-0.4, -0.2) is 79.3 Å². The highest BCUT2D eigenvalue weighted by Gasteiger charge is 2.46. The maximum atomic E-state index is 12.7. The van der Waals surface area contributed by atoms with E-state index in [1.54, 1.807) is 25.3 Å². The van der Waals surface area contributed by atoms with Gasteiger partial charge in [0.15, 0.2) is 0 Å². The number of rotatable bonds is 7. The number of H-pyrrole nitrogens is 1. The van der Waals surface area contributed by atoms with Gasteiger partial charge in [-0.15, -0.1) is 0 Å². The van der Waals surface area contributed by atoms with Gasteiger partial charge < -0.3 is 30.4 Å². The van der Waals surface area contributed by atoms with E-state index in [-0.39, 0.29) is 19.6 Å². The van der Waals surface area contributed by atoms with Gasteiger partial charge in [0, 0.05) is 20.1 Å². The van der Waals surface area contributed by atoms with E-state index in [0.29, 0.717) is 28.5 Å². The molecule has 1 aromatic heterocycles. The summed E-state index contributed by atoms with van der Waals surface area (Å²) in [5, 5.41) is 1.89. The summed E-state index contributed by atoms with van der Waals surface area (Å²) >= 11 is 0. The van der Waals surface area contributed by atoms with Crippen molar-refractivity contribution >= 4 is 17.1 Å². The molecule has 1 atom stereocenters. The van der Waals surface area contributed by atoms with Gasteiger partial charge in [-0.3, -0.25) is 0 Å². The highest BCUT2D eigenvalue weighted by molar-refractivity contribution is 5.78. The van der Waals surface area contributed by atoms with E-state index < -0.39 is 37.6 Å². The van der Waals surface area contributed by atoms with Gasteiger partial charge in [0.05, 0.1) is 30.3 Å². The van der Waals surface area contributed by atoms with Gasteiger partial charge in [-0.2, -0.15) is 26.3 Å². The summed E-state index contributed by atoms with van der Waals surface area (Å²) in [6.07, 6.45) is -5.55. The number of carbonyl (C=O) groups excluding carboxylic acids is 1. The van der Waals surface area contributed by atoms with Crippen LogP contribution in [0.15, 0.2) is 18.2 Å². The Kier molecular flexibility index (Phi) is 13.1. The van der Waals surface area contributed by atoms with Crippen molar-refractivity contribution in [3.05, 3.63) is 29.6 Å². The SMILES string of the molecule is CC.CN.COC1CC1.O=C1NC(C(F)(F)F)CN1Cc1ccc2nc(CCOCC(F)(F)F)[nH]c2c1. The van der Waals surface area contributed by atoms with E-state index in [2.05, 4.69) is 20.4 Å². The zero-order valence-electron chi connectivity index (χ0n) is 21.3. The summed E-state index contributed by atoms with van der Waals surface area (Å²) in [6, 6.07) is 2.18. The number of nitrogens with zero attached hydrogens (tertiary/aromatic N) is 2. The monoisotopic (exact) mass is 543 g/mol. The molecule has 2 aromatic rings. The normalized spacial score (nSPS) is 17.2. The van der Waals surface area contributed by atoms with E-state index in [1.165, 1.54) is 19.9 Å². The molecule has 212 valence electrons. The lowest BCUT2D eigenvalue weighted by atomic mass is 10.2. The standard InChI is InChI=1S/C16H16F6N4O2.C4H8O.C2H6.CH5N/c17-15(18,19)8-28-4-3-13-23-10-2-1-9(5-11(10)24-13)6-26-7-12(16(20,21)22)25-14(26)27;1-5-4-2-3-4;2*1-2/h1-2,5,12H,3-4,6-8H2,(H,23,24)(H,25,27);4H,2-3H2,1H3;1-2H3;2H2,1H3. The topological polar surface area (TPSA) is 106 Å². The average molecular weight is 544 g/mol. The smallest absolute Gasteiger partial charge is 0.381 e. The first-order chi connectivity index (χ1) is 17.4. The molecule has 2 aliphatic rings. The molecular formula is C23H35F6N5O3. The van der Waals surface area contributed by atoms with E-state index >= 15 is 0 Å². The number of nitrogens with one attached hydrogen (secondary N) is 2. The fourth-order valence-corrected chi connectivity index (χ4v) is 3.12. The predicted octanol–water partition coefficient (Wildman–Crippen LogP) is 4.54. The van der Waals surface area contributed by atoms with Crippen molar-refractivity contribution in [1.82, 2.24) is 20.2 Å². The fraction of sp³-hybridized carbons (Fsp3) is 0.652. The van der Waals surface area contributed by atoms with Crippen LogP contribution in [0, 0.1) is 0 Å². The lowest BCUT2D eigenvalue weighted by Crippen LogP contribution is -2.40. The maximum absolute atomic E-state index is 12.7. The van der Waals surface area contributed by atoms with Gasteiger partial charge in [-0.05, 0) is 37.6 Å². The number of benzene rings is 1. The number of fused-ring (bicyclic) bond motifs is 1. The van der Waals surface area contributed by atoms with Gasteiger partial charge in [0.1, 0.15) is 18.5 Å². The second-order valence-electron chi connectivity index (χ2n) is 7.81. The number of alkyl halides is 6. The first kappa shape index (κ1) is 32.4. The summed E-state index contributed by atoms with van der Waals surface area (Å²) in [7, 11) is 3.26. The van der Waals surface area contributed by atoms with Crippen LogP contribution in [0.4, 0.5) is 31.1 Å². The van der Waals surface area contributed by atoms with Crippen LogP contribution >= 0.6 is 0 Å². The number of amides is 2. The quantitative estimate of drug-likeness (QED) is 0.352. The zero-order valence-corrected chi connectivity index (χ0v) is 21.3. The molecule has 1 aliphatic carbocycles. The number of aromatic amines is 1. The number of urea groups is 1. The number of hydrogen-bond acceptors (Lipinski definition) is 5. The molecule has 1 saturated carbocycles. The Hall–Kier alpha value is -2.58. The number of hydrogen-bond donors (Lipinski definition) is 3. The third-order valence-corrected chi connectivity index (χ3v) is 4.96. The van der Waals surface area contributed by atoms with Crippen LogP contribution < -0.4 is 11.1 Å². The Morgan fingerprint density at radius 2 is 1.78 bits per heavy atom. The fourth-order valence-electron chi connectivity index (χ4n) is 3.12. The van der Waals surface area contributed by atoms with Crippen LogP contribution in [0.5, 0.6) is 0 Å². The van der Waals surface area contributed by atoms with Crippen molar-refractivity contribution in [1.29, 1.82) is 0 Å². The van der Waals surface area contributed by atoms with Crippen LogP contribution in [0.25, 0.3) is 11.0 Å². The molecule has 37 heavy (non-hydrogen) atoms. The summed E-state index contributed by atoms with van der Waals surface area (Å²) in [5.41, 5.74) is 6.21. The van der Waals surface area contributed by atoms with Crippen molar-refractivity contribution in [2.24, 2.45) is 5.73 Å². The molecule has 2 fully saturated rings. The number of ether oxygens (including phenoxy) is 2. The average Bonchev–Trinajstić information content (AvgIpc) is 3.50. The number of methoxy groups -OCH3 is 1. The van der Waals surface area contributed by atoms with Crippen molar-refractivity contribution < 1.29 is 40.6 Å². The minimum absolute atomic E-state index is 0.0165. The van der Waals surface area contributed by atoms with E-state index in [9.17, 15) is 31.1 Å². The molecule has 1 aromatic carbocycles. The van der Waals surface area contributed by atoms with E-state index in [1.807, 2.05) is 19.2 Å². The largest absolute Gasteiger partial charge is 0.411 e. The minimum Gasteiger partial charge on any atom is -0.381 e. The molecule has 14 heteroatoms. The number of halogens is 6. The molecule has 0 spiro atoms. The third-order valence-electron chi connectivity index (χ3n) is 4.96. The minimum atomic E-state index is -4.51. The maximum Gasteiger partial charge on any atom is 0.411 e. The molecule has 4 rings (SSSR count). The van der Waals surface area contributed by atoms with Crippen molar-refractivity contribution in [3.63, 3.8) is 0 Å². The molecule has 2 amide bonds. The van der Waals surface area contributed by atoms with E-state index in [0.717, 1.165) is 4.90 Å². The molecule has 8 nitrogen and oxygen atoms in total. The molecule has 4 N–H and O–H groups in total. The van der Waals surface area contributed by atoms with Gasteiger partial charge in [0.25, 0.3) is 0 Å². The highest BCUT2D eigenvalue weighted by Crippen LogP contribution is 2.26. The zero-order chi connectivity index (χ0) is 28.2. The molecule has 0 bridgehead atoms. The van der Waals surface area contributed by atoms with Gasteiger partial charge >= 0.3 is 18.4 Å². The number of carbonyl (C=O) groups is 1. The number of nitrogens with two attached hydrogens (primary N) is 1. The Balaban J connectivity index is 0.000000656. The summed E-state index contributed by atoms with van der Waals surface area (Å²) in [5.74, 6) is 0.422. The van der Waals surface area contributed by atoms with Gasteiger partial charge in [0.2, 0.25) is 0 Å². The second-order valence-corrected chi connectivity index (χ2v) is 7.81. The molecular weight excluding hydrogens is 508 g/mol. The lowest BCUT2D eigenvalue weighted by Gasteiger charge is -2.16. The van der Waals surface area contributed by atoms with Gasteiger partial charge in [-0.25, -0.2) is 9.78 Å². The van der Waals surface area contributed by atoms with Crippen molar-refractivity contribution in [2.75, 3.05) is 33.9 Å². The van der Waals surface area contributed by atoms with Crippen molar-refractivity contribution in [3.8, 4) is 0 Å². The lowest BCUT2D eigenvalue weighted by molar-refractivity contribution is -0.173. The summed E-state index contributed by atoms with van der Waals surface area (Å²) in [4.78, 5) is 19.9. The van der Waals surface area contributed by atoms with Crippen LogP contribution in [0.1, 0.15) is 38.1 Å². The molecule has 0 radical (unpaired) electrons. The first-order valence-corrected chi connectivity index (χ1v) is 11.8. The van der Waals surface area contributed by atoms with Gasteiger partial charge in [-0.1, -0.05) is 19.9 Å². The number of imidazole rings is 1. The second kappa shape index (κ2) is 15.0. The van der Waals surface area contributed by atoms with Crippen LogP contribution in [0.3, 0.4) is 0 Å². The van der Waals surface area contributed by atoms with E-state index in [4.69, 9.17) is 4.74 Å². The number of aromatic nitrogens is 2.